The van der Waals surface area contributed by atoms with E-state index in [1.807, 2.05) is 4.90 Å². The molecule has 86 valence electrons. The van der Waals surface area contributed by atoms with Crippen molar-refractivity contribution in [3.8, 4) is 0 Å². The SMILES string of the molecule is CC(=O)N1CCCC(C2CCOOC2)C1. The molecule has 2 saturated heterocycles. The van der Waals surface area contributed by atoms with Crippen LogP contribution < -0.4 is 0 Å². The average Bonchev–Trinajstić information content (AvgIpc) is 2.30. The third-order valence-electron chi connectivity index (χ3n) is 3.51. The number of rotatable bonds is 1. The molecule has 0 saturated carbocycles. The molecule has 0 aromatic rings. The third-order valence-corrected chi connectivity index (χ3v) is 3.51. The molecule has 0 aliphatic carbocycles. The summed E-state index contributed by atoms with van der Waals surface area (Å²) >= 11 is 0. The maximum absolute atomic E-state index is 11.3. The molecule has 2 unspecified atom stereocenters. The summed E-state index contributed by atoms with van der Waals surface area (Å²) < 4.78 is 0. The summed E-state index contributed by atoms with van der Waals surface area (Å²) in [4.78, 5) is 23.2. The molecule has 0 aromatic heterocycles. The molecule has 2 rings (SSSR count). The zero-order valence-electron chi connectivity index (χ0n) is 9.28. The van der Waals surface area contributed by atoms with Gasteiger partial charge in [-0.1, -0.05) is 0 Å². The number of hydrogen-bond acceptors (Lipinski definition) is 3. The van der Waals surface area contributed by atoms with Crippen molar-refractivity contribution in [3.05, 3.63) is 0 Å². The first-order valence-electron chi connectivity index (χ1n) is 5.77. The molecule has 0 aromatic carbocycles. The van der Waals surface area contributed by atoms with Crippen LogP contribution in [0.25, 0.3) is 0 Å². The molecule has 1 amide bonds. The van der Waals surface area contributed by atoms with Gasteiger partial charge in [0.25, 0.3) is 0 Å². The van der Waals surface area contributed by atoms with E-state index < -0.39 is 0 Å². The lowest BCUT2D eigenvalue weighted by Gasteiger charge is -2.37. The molecule has 2 atom stereocenters. The van der Waals surface area contributed by atoms with Crippen molar-refractivity contribution in [2.24, 2.45) is 11.8 Å². The second-order valence-electron chi connectivity index (χ2n) is 4.52. The van der Waals surface area contributed by atoms with Gasteiger partial charge >= 0.3 is 0 Å². The van der Waals surface area contributed by atoms with E-state index in [0.717, 1.165) is 25.9 Å². The summed E-state index contributed by atoms with van der Waals surface area (Å²) in [6, 6.07) is 0. The Morgan fingerprint density at radius 1 is 1.27 bits per heavy atom. The van der Waals surface area contributed by atoms with Gasteiger partial charge in [0.2, 0.25) is 5.91 Å². The van der Waals surface area contributed by atoms with E-state index >= 15 is 0 Å². The molecule has 4 nitrogen and oxygen atoms in total. The zero-order valence-corrected chi connectivity index (χ0v) is 9.28. The zero-order chi connectivity index (χ0) is 10.7. The Labute approximate surface area is 90.5 Å². The fraction of sp³-hybridized carbons (Fsp3) is 0.909. The van der Waals surface area contributed by atoms with Crippen molar-refractivity contribution in [2.45, 2.75) is 26.2 Å². The van der Waals surface area contributed by atoms with Gasteiger partial charge in [-0.3, -0.25) is 4.79 Å². The van der Waals surface area contributed by atoms with Gasteiger partial charge in [-0.05, 0) is 31.1 Å². The van der Waals surface area contributed by atoms with E-state index in [1.54, 1.807) is 6.92 Å². The highest BCUT2D eigenvalue weighted by molar-refractivity contribution is 5.73. The standard InChI is InChI=1S/C11H19NO3/c1-9(13)12-5-2-3-10(7-12)11-4-6-14-15-8-11/h10-11H,2-8H2,1H3. The van der Waals surface area contributed by atoms with Crippen LogP contribution in [0.2, 0.25) is 0 Å². The van der Waals surface area contributed by atoms with Crippen LogP contribution in [-0.4, -0.2) is 37.1 Å². The second-order valence-corrected chi connectivity index (χ2v) is 4.52. The highest BCUT2D eigenvalue weighted by Gasteiger charge is 2.30. The number of carbonyl (C=O) groups excluding carboxylic acids is 1. The number of amides is 1. The molecule has 4 heteroatoms. The summed E-state index contributed by atoms with van der Waals surface area (Å²) in [7, 11) is 0. The molecule has 2 aliphatic heterocycles. The van der Waals surface area contributed by atoms with Crippen molar-refractivity contribution in [2.75, 3.05) is 26.3 Å². The fourth-order valence-corrected chi connectivity index (χ4v) is 2.53. The van der Waals surface area contributed by atoms with Crippen LogP contribution in [0.5, 0.6) is 0 Å². The third kappa shape index (κ3) is 2.69. The van der Waals surface area contributed by atoms with Crippen molar-refractivity contribution >= 4 is 5.91 Å². The van der Waals surface area contributed by atoms with Crippen LogP contribution in [0.15, 0.2) is 0 Å². The highest BCUT2D eigenvalue weighted by Crippen LogP contribution is 2.28. The van der Waals surface area contributed by atoms with Gasteiger partial charge in [-0.15, -0.1) is 0 Å². The van der Waals surface area contributed by atoms with E-state index in [4.69, 9.17) is 9.78 Å². The number of hydrogen-bond donors (Lipinski definition) is 0. The van der Waals surface area contributed by atoms with Crippen molar-refractivity contribution in [1.29, 1.82) is 0 Å². The second kappa shape index (κ2) is 4.94. The average molecular weight is 213 g/mol. The first kappa shape index (κ1) is 10.9. The van der Waals surface area contributed by atoms with E-state index in [1.165, 1.54) is 6.42 Å². The number of piperidine rings is 1. The quantitative estimate of drug-likeness (QED) is 0.615. The summed E-state index contributed by atoms with van der Waals surface area (Å²) in [5.74, 6) is 1.38. The molecule has 0 N–H and O–H groups in total. The van der Waals surface area contributed by atoms with Gasteiger partial charge in [0.1, 0.15) is 0 Å². The summed E-state index contributed by atoms with van der Waals surface area (Å²) in [6.07, 6.45) is 3.41. The number of nitrogens with zero attached hydrogens (tertiary/aromatic N) is 1. The van der Waals surface area contributed by atoms with Gasteiger partial charge in [0.15, 0.2) is 0 Å². The lowest BCUT2D eigenvalue weighted by molar-refractivity contribution is -0.328. The monoisotopic (exact) mass is 213 g/mol. The smallest absolute Gasteiger partial charge is 0.219 e. The van der Waals surface area contributed by atoms with Crippen LogP contribution in [-0.2, 0) is 14.6 Å². The molecular formula is C11H19NO3. The Morgan fingerprint density at radius 2 is 2.13 bits per heavy atom. The van der Waals surface area contributed by atoms with Gasteiger partial charge in [0, 0.05) is 20.0 Å². The summed E-state index contributed by atoms with van der Waals surface area (Å²) in [5.41, 5.74) is 0. The van der Waals surface area contributed by atoms with Crippen LogP contribution in [0.4, 0.5) is 0 Å². The summed E-state index contributed by atoms with van der Waals surface area (Å²) in [6.45, 7) is 4.87. The molecule has 0 spiro atoms. The van der Waals surface area contributed by atoms with Gasteiger partial charge in [0.05, 0.1) is 13.2 Å². The first-order valence-corrected chi connectivity index (χ1v) is 5.77. The van der Waals surface area contributed by atoms with E-state index in [0.29, 0.717) is 25.0 Å². The Kier molecular flexibility index (Phi) is 3.59. The molecule has 2 aliphatic rings. The largest absolute Gasteiger partial charge is 0.343 e. The molecule has 0 bridgehead atoms. The van der Waals surface area contributed by atoms with Gasteiger partial charge in [-0.2, -0.15) is 0 Å². The minimum atomic E-state index is 0.202. The highest BCUT2D eigenvalue weighted by atomic mass is 17.2. The summed E-state index contributed by atoms with van der Waals surface area (Å²) in [5, 5.41) is 0. The Hall–Kier alpha value is -0.610. The lowest BCUT2D eigenvalue weighted by atomic mass is 9.84. The maximum atomic E-state index is 11.3. The Balaban J connectivity index is 1.88. The maximum Gasteiger partial charge on any atom is 0.219 e. The molecule has 2 heterocycles. The van der Waals surface area contributed by atoms with Gasteiger partial charge in [-0.25, -0.2) is 9.78 Å². The Morgan fingerprint density at radius 3 is 2.80 bits per heavy atom. The van der Waals surface area contributed by atoms with Crippen LogP contribution >= 0.6 is 0 Å². The van der Waals surface area contributed by atoms with Crippen LogP contribution in [0.3, 0.4) is 0 Å². The molecule has 2 fully saturated rings. The molecule has 0 radical (unpaired) electrons. The van der Waals surface area contributed by atoms with E-state index in [2.05, 4.69) is 0 Å². The normalized spacial score (nSPS) is 32.7. The van der Waals surface area contributed by atoms with Crippen LogP contribution in [0.1, 0.15) is 26.2 Å². The topological polar surface area (TPSA) is 38.8 Å². The minimum absolute atomic E-state index is 0.202. The van der Waals surface area contributed by atoms with Crippen molar-refractivity contribution < 1.29 is 14.6 Å². The number of carbonyl (C=O) groups is 1. The first-order chi connectivity index (χ1) is 7.27. The lowest BCUT2D eigenvalue weighted by Crippen LogP contribution is -2.42. The number of likely N-dealkylation sites (tertiary alicyclic amines) is 1. The van der Waals surface area contributed by atoms with Crippen molar-refractivity contribution in [1.82, 2.24) is 4.90 Å². The minimum Gasteiger partial charge on any atom is -0.343 e. The van der Waals surface area contributed by atoms with Crippen molar-refractivity contribution in [3.63, 3.8) is 0 Å². The molecule has 15 heavy (non-hydrogen) atoms. The predicted molar refractivity (Wildman–Crippen MR) is 55.0 cm³/mol. The fourth-order valence-electron chi connectivity index (χ4n) is 2.53. The molecular weight excluding hydrogens is 194 g/mol. The van der Waals surface area contributed by atoms with Crippen LogP contribution in [0, 0.1) is 11.8 Å². The Bertz CT molecular complexity index is 226. The van der Waals surface area contributed by atoms with E-state index in [9.17, 15) is 4.79 Å². The predicted octanol–water partition coefficient (Wildman–Crippen LogP) is 1.21. The van der Waals surface area contributed by atoms with Gasteiger partial charge < -0.3 is 4.90 Å². The van der Waals surface area contributed by atoms with E-state index in [-0.39, 0.29) is 5.91 Å².